The average Bonchev–Trinajstić information content (AvgIpc) is 1.54. The molecule has 0 amide bonds. The molecule has 0 aromatic heterocycles. The van der Waals surface area contributed by atoms with E-state index in [9.17, 15) is 0 Å². The number of rotatable bonds is 0. The Bertz CT molecular complexity index is 112. The van der Waals surface area contributed by atoms with Gasteiger partial charge in [-0.1, -0.05) is 0 Å². The van der Waals surface area contributed by atoms with Crippen molar-refractivity contribution in [1.29, 1.82) is 0 Å². The molecule has 13 heavy (non-hydrogen) atoms. The van der Waals surface area contributed by atoms with Crippen molar-refractivity contribution in [1.82, 2.24) is 0 Å². The summed E-state index contributed by atoms with van der Waals surface area (Å²) in [6.07, 6.45) is 0. The molecule has 1 N–H and O–H groups in total. The molecular formula is HCoN3O9. The Morgan fingerprint density at radius 1 is 0.769 bits per heavy atom. The van der Waals surface area contributed by atoms with E-state index in [2.05, 4.69) is 0 Å². The van der Waals surface area contributed by atoms with Gasteiger partial charge in [-0.05, 0) is 0 Å². The predicted octanol–water partition coefficient (Wildman–Crippen LogP) is -0.828. The van der Waals surface area contributed by atoms with Crippen LogP contribution in [0.1, 0.15) is 0 Å². The molecule has 12 nitrogen and oxygen atoms in total. The third kappa shape index (κ3) is 185. The van der Waals surface area contributed by atoms with Crippen LogP contribution in [0.15, 0.2) is 0 Å². The minimum Gasteiger partial charge on any atom is -0.356 e. The van der Waals surface area contributed by atoms with Crippen molar-refractivity contribution in [2.24, 2.45) is 0 Å². The monoisotopic (exact) mass is 246 g/mol. The van der Waals surface area contributed by atoms with Crippen LogP contribution in [-0.2, 0) is 16.8 Å². The van der Waals surface area contributed by atoms with E-state index in [-0.39, 0.29) is 16.8 Å². The molecule has 0 bridgehead atoms. The van der Waals surface area contributed by atoms with Crippen LogP contribution >= 0.6 is 0 Å². The van der Waals surface area contributed by atoms with Crippen molar-refractivity contribution in [3.63, 3.8) is 0 Å². The third-order valence-electron chi connectivity index (χ3n) is 0. The van der Waals surface area contributed by atoms with E-state index in [1.165, 1.54) is 0 Å². The molecule has 79 valence electrons. The van der Waals surface area contributed by atoms with E-state index in [1.54, 1.807) is 0 Å². The van der Waals surface area contributed by atoms with Crippen LogP contribution in [0.3, 0.4) is 0 Å². The first-order chi connectivity index (χ1) is 5.20. The molecule has 0 unspecified atom stereocenters. The molecular weight excluding hydrogens is 245 g/mol. The van der Waals surface area contributed by atoms with Gasteiger partial charge < -0.3 is 35.9 Å². The van der Waals surface area contributed by atoms with Crippen molar-refractivity contribution >= 4 is 0 Å². The van der Waals surface area contributed by atoms with Crippen LogP contribution in [0, 0.1) is 40.8 Å². The molecule has 0 aliphatic carbocycles. The topological polar surface area (TPSA) is 196 Å². The van der Waals surface area contributed by atoms with Gasteiger partial charge in [-0.3, -0.25) is 0 Å². The smallest absolute Gasteiger partial charge is 0.356 e. The summed E-state index contributed by atoms with van der Waals surface area (Å²) in [5.41, 5.74) is 0. The van der Waals surface area contributed by atoms with Crippen LogP contribution in [0.5, 0.6) is 0 Å². The minimum atomic E-state index is -1.75. The molecule has 0 aromatic carbocycles. The zero-order valence-corrected chi connectivity index (χ0v) is 6.43. The second-order valence-electron chi connectivity index (χ2n) is 0.685. The Kier molecular flexibility index (Phi) is 28.7. The first-order valence-corrected chi connectivity index (χ1v) is 1.66. The van der Waals surface area contributed by atoms with E-state index in [0.717, 1.165) is 0 Å². The van der Waals surface area contributed by atoms with E-state index in [4.69, 9.17) is 46.0 Å². The Balaban J connectivity index is -0.0000000450. The Labute approximate surface area is 78.9 Å². The van der Waals surface area contributed by atoms with E-state index in [1.807, 2.05) is 0 Å². The molecule has 0 aliphatic heterocycles. The van der Waals surface area contributed by atoms with Crippen molar-refractivity contribution in [2.75, 3.05) is 0 Å². The Morgan fingerprint density at radius 3 is 0.769 bits per heavy atom. The molecule has 0 spiro atoms. The van der Waals surface area contributed by atoms with Crippen LogP contribution in [0.25, 0.3) is 0 Å². The maximum atomic E-state index is 8.36. The van der Waals surface area contributed by atoms with E-state index >= 15 is 0 Å². The summed E-state index contributed by atoms with van der Waals surface area (Å²) < 4.78 is 0. The molecule has 1 radical (unpaired) electrons. The van der Waals surface area contributed by atoms with Gasteiger partial charge in [-0.15, -0.1) is 10.1 Å². The molecule has 13 heteroatoms. The van der Waals surface area contributed by atoms with Gasteiger partial charge in [-0.2, -0.15) is 0 Å². The van der Waals surface area contributed by atoms with Gasteiger partial charge in [0, 0.05) is 0 Å². The van der Waals surface area contributed by atoms with Gasteiger partial charge in [0.2, 0.25) is 0 Å². The Morgan fingerprint density at radius 2 is 0.769 bits per heavy atom. The SMILES string of the molecule is O=[N+]([O-])O.O=[N+]([O-])[O-].O=[N+]([O-])[O-].[Co+2]. The summed E-state index contributed by atoms with van der Waals surface area (Å²) in [6.45, 7) is 0. The molecule has 0 aliphatic rings. The summed E-state index contributed by atoms with van der Waals surface area (Å²) in [7, 11) is 0. The maximum Gasteiger partial charge on any atom is 2.00 e. The zero-order valence-electron chi connectivity index (χ0n) is 5.39. The van der Waals surface area contributed by atoms with Gasteiger partial charge in [0.05, 0.1) is 10.2 Å². The molecule has 0 saturated heterocycles. The molecule has 0 saturated carbocycles. The first kappa shape index (κ1) is 22.5. The van der Waals surface area contributed by atoms with E-state index < -0.39 is 15.3 Å². The first-order valence-electron chi connectivity index (χ1n) is 1.66. The van der Waals surface area contributed by atoms with Crippen LogP contribution in [-0.4, -0.2) is 20.5 Å². The van der Waals surface area contributed by atoms with Crippen molar-refractivity contribution in [2.45, 2.75) is 0 Å². The summed E-state index contributed by atoms with van der Waals surface area (Å²) in [4.78, 5) is 24.9. The maximum absolute atomic E-state index is 8.36. The van der Waals surface area contributed by atoms with Crippen molar-refractivity contribution < 1.29 is 37.2 Å². The third-order valence-corrected chi connectivity index (χ3v) is 0. The fourth-order valence-electron chi connectivity index (χ4n) is 0. The molecule has 0 aromatic rings. The Hall–Kier alpha value is -1.89. The number of hydrogen-bond acceptors (Lipinski definition) is 8. The van der Waals surface area contributed by atoms with Crippen LogP contribution in [0.4, 0.5) is 0 Å². The summed E-state index contributed by atoms with van der Waals surface area (Å²) in [5, 5.41) is 43.1. The average molecular weight is 246 g/mol. The van der Waals surface area contributed by atoms with Gasteiger partial charge in [-0.25, -0.2) is 0 Å². The minimum absolute atomic E-state index is 0. The fraction of sp³-hybridized carbons (Fsp3) is 0. The molecule has 0 atom stereocenters. The number of nitrogens with zero attached hydrogens (tertiary/aromatic N) is 3. The molecule has 0 rings (SSSR count). The zero-order chi connectivity index (χ0) is 10.7. The summed E-state index contributed by atoms with van der Waals surface area (Å²) in [6, 6.07) is 0. The summed E-state index contributed by atoms with van der Waals surface area (Å²) in [5.74, 6) is 0. The van der Waals surface area contributed by atoms with Gasteiger partial charge in [0.15, 0.2) is 0 Å². The van der Waals surface area contributed by atoms with Gasteiger partial charge in [0.25, 0.3) is 5.09 Å². The second-order valence-corrected chi connectivity index (χ2v) is 0.685. The number of hydrogen-bond donors (Lipinski definition) is 1. The fourth-order valence-corrected chi connectivity index (χ4v) is 0. The summed E-state index contributed by atoms with van der Waals surface area (Å²) >= 11 is 0. The van der Waals surface area contributed by atoms with Crippen molar-refractivity contribution in [3.8, 4) is 0 Å². The second kappa shape index (κ2) is 16.6. The van der Waals surface area contributed by atoms with Gasteiger partial charge in [0.1, 0.15) is 0 Å². The predicted molar refractivity (Wildman–Crippen MR) is 29.5 cm³/mol. The largest absolute Gasteiger partial charge is 2.00 e. The quantitative estimate of drug-likeness (QED) is 0.418. The normalized spacial score (nSPS) is 5.54. The van der Waals surface area contributed by atoms with Crippen molar-refractivity contribution in [3.05, 3.63) is 40.8 Å². The van der Waals surface area contributed by atoms with Gasteiger partial charge >= 0.3 is 16.8 Å². The van der Waals surface area contributed by atoms with Crippen LogP contribution in [0.2, 0.25) is 0 Å². The molecule has 0 heterocycles. The van der Waals surface area contributed by atoms with Crippen LogP contribution < -0.4 is 0 Å². The molecule has 0 fully saturated rings. The van der Waals surface area contributed by atoms with E-state index in [0.29, 0.717) is 0 Å². The standard InChI is InChI=1S/Co.HNO3.2NO3/c;3*2-1(3)4/h;(H,2,3,4);;/q+2;;2*-1.